The van der Waals surface area contributed by atoms with Crippen LogP contribution in [0.15, 0.2) is 54.6 Å². The van der Waals surface area contributed by atoms with Gasteiger partial charge in [0.1, 0.15) is 0 Å². The number of carbonyl (C=O) groups is 2. The third kappa shape index (κ3) is 5.91. The smallest absolute Gasteiger partial charge is 0.254 e. The fourth-order valence-electron chi connectivity index (χ4n) is 2.93. The number of nitrogens with zero attached hydrogens (tertiary/aromatic N) is 1. The van der Waals surface area contributed by atoms with E-state index in [1.165, 1.54) is 5.56 Å². The van der Waals surface area contributed by atoms with Crippen molar-refractivity contribution in [1.29, 1.82) is 0 Å². The Morgan fingerprint density at radius 3 is 2.37 bits per heavy atom. The van der Waals surface area contributed by atoms with Gasteiger partial charge in [0, 0.05) is 24.3 Å². The Bertz CT molecular complexity index is 741. The van der Waals surface area contributed by atoms with Crippen LogP contribution in [0, 0.1) is 0 Å². The molecule has 3 rings (SSSR count). The van der Waals surface area contributed by atoms with Crippen LogP contribution in [0.4, 0.5) is 5.69 Å². The summed E-state index contributed by atoms with van der Waals surface area (Å²) in [5.41, 5.74) is 2.55. The molecule has 1 saturated heterocycles. The summed E-state index contributed by atoms with van der Waals surface area (Å²) >= 11 is 0. The molecule has 6 heteroatoms. The summed E-state index contributed by atoms with van der Waals surface area (Å²) in [6, 6.07) is 17.2. The second-order valence-corrected chi connectivity index (χ2v) is 6.44. The maximum atomic E-state index is 12.4. The monoisotopic (exact) mass is 367 g/mol. The first-order valence-electron chi connectivity index (χ1n) is 9.24. The van der Waals surface area contributed by atoms with Crippen molar-refractivity contribution in [2.45, 2.75) is 6.42 Å². The minimum absolute atomic E-state index is 0.00115. The van der Waals surface area contributed by atoms with Crippen molar-refractivity contribution in [3.8, 4) is 0 Å². The summed E-state index contributed by atoms with van der Waals surface area (Å²) in [5, 5.41) is 5.98. The normalized spacial score (nSPS) is 14.0. The molecule has 27 heavy (non-hydrogen) atoms. The molecule has 2 amide bonds. The summed E-state index contributed by atoms with van der Waals surface area (Å²) < 4.78 is 5.27. The number of morpholine rings is 1. The lowest BCUT2D eigenvalue weighted by Crippen LogP contribution is -2.40. The van der Waals surface area contributed by atoms with Crippen LogP contribution < -0.4 is 10.6 Å². The highest BCUT2D eigenvalue weighted by molar-refractivity contribution is 5.96. The molecule has 0 aromatic heterocycles. The van der Waals surface area contributed by atoms with Gasteiger partial charge in [-0.15, -0.1) is 0 Å². The molecule has 0 atom stereocenters. The zero-order chi connectivity index (χ0) is 18.9. The van der Waals surface area contributed by atoms with E-state index in [2.05, 4.69) is 22.8 Å². The van der Waals surface area contributed by atoms with E-state index in [0.29, 0.717) is 37.6 Å². The van der Waals surface area contributed by atoms with E-state index in [4.69, 9.17) is 4.74 Å². The van der Waals surface area contributed by atoms with Crippen LogP contribution in [0.3, 0.4) is 0 Å². The number of rotatable bonds is 7. The third-order valence-electron chi connectivity index (χ3n) is 4.43. The first kappa shape index (κ1) is 19.1. The van der Waals surface area contributed by atoms with Gasteiger partial charge in [-0.1, -0.05) is 30.3 Å². The molecular weight excluding hydrogens is 342 g/mol. The molecule has 2 N–H and O–H groups in total. The molecule has 0 spiro atoms. The fourth-order valence-corrected chi connectivity index (χ4v) is 2.93. The van der Waals surface area contributed by atoms with Crippen molar-refractivity contribution in [2.75, 3.05) is 44.7 Å². The lowest BCUT2D eigenvalue weighted by atomic mass is 10.1. The second-order valence-electron chi connectivity index (χ2n) is 6.44. The molecule has 1 aliphatic heterocycles. The van der Waals surface area contributed by atoms with Crippen LogP contribution in [0.1, 0.15) is 15.9 Å². The van der Waals surface area contributed by atoms with Crippen LogP contribution in [0.25, 0.3) is 0 Å². The van der Waals surface area contributed by atoms with Crippen molar-refractivity contribution < 1.29 is 14.3 Å². The number of hydrogen-bond donors (Lipinski definition) is 2. The average molecular weight is 367 g/mol. The van der Waals surface area contributed by atoms with Crippen LogP contribution in [-0.4, -0.2) is 56.1 Å². The molecule has 2 aromatic carbocycles. The van der Waals surface area contributed by atoms with Crippen LogP contribution in [0.5, 0.6) is 0 Å². The van der Waals surface area contributed by atoms with Crippen LogP contribution >= 0.6 is 0 Å². The topological polar surface area (TPSA) is 70.7 Å². The molecule has 0 radical (unpaired) electrons. The quantitative estimate of drug-likeness (QED) is 0.734. The maximum absolute atomic E-state index is 12.4. The fraction of sp³-hybridized carbons (Fsp3) is 0.333. The number of amides is 2. The van der Waals surface area contributed by atoms with Gasteiger partial charge in [-0.3, -0.25) is 9.59 Å². The summed E-state index contributed by atoms with van der Waals surface area (Å²) in [4.78, 5) is 26.2. The number of benzene rings is 2. The number of carbonyl (C=O) groups excluding carboxylic acids is 2. The van der Waals surface area contributed by atoms with E-state index < -0.39 is 0 Å². The van der Waals surface area contributed by atoms with Gasteiger partial charge in [0.25, 0.3) is 5.91 Å². The molecule has 1 heterocycles. The lowest BCUT2D eigenvalue weighted by molar-refractivity contribution is -0.115. The van der Waals surface area contributed by atoms with E-state index in [9.17, 15) is 9.59 Å². The van der Waals surface area contributed by atoms with Gasteiger partial charge in [0.05, 0.1) is 19.8 Å². The van der Waals surface area contributed by atoms with E-state index in [1.807, 2.05) is 18.2 Å². The molecule has 1 aliphatic rings. The molecule has 0 unspecified atom stereocenters. The van der Waals surface area contributed by atoms with E-state index in [-0.39, 0.29) is 18.4 Å². The predicted molar refractivity (Wildman–Crippen MR) is 105 cm³/mol. The molecule has 0 saturated carbocycles. The highest BCUT2D eigenvalue weighted by Gasteiger charge is 2.18. The predicted octanol–water partition coefficient (Wildman–Crippen LogP) is 1.93. The third-order valence-corrected chi connectivity index (χ3v) is 4.43. The molecule has 1 fully saturated rings. The Morgan fingerprint density at radius 1 is 0.963 bits per heavy atom. The zero-order valence-electron chi connectivity index (χ0n) is 15.3. The van der Waals surface area contributed by atoms with Crippen LogP contribution in [-0.2, 0) is 16.0 Å². The molecular formula is C21H25N3O3. The van der Waals surface area contributed by atoms with Crippen molar-refractivity contribution in [2.24, 2.45) is 0 Å². The maximum Gasteiger partial charge on any atom is 0.254 e. The van der Waals surface area contributed by atoms with E-state index in [0.717, 1.165) is 13.0 Å². The van der Waals surface area contributed by atoms with Gasteiger partial charge in [-0.25, -0.2) is 0 Å². The lowest BCUT2D eigenvalue weighted by Gasteiger charge is -2.26. The van der Waals surface area contributed by atoms with Crippen molar-refractivity contribution in [3.05, 3.63) is 65.7 Å². The summed E-state index contributed by atoms with van der Waals surface area (Å²) in [6.07, 6.45) is 0.881. The van der Waals surface area contributed by atoms with Crippen LogP contribution in [0.2, 0.25) is 0 Å². The van der Waals surface area contributed by atoms with E-state index >= 15 is 0 Å². The standard InChI is InChI=1S/C21H25N3O3/c25-20(16-22-11-10-17-4-2-1-3-5-17)23-19-8-6-18(7-9-19)21(26)24-12-14-27-15-13-24/h1-9,22H,10-16H2,(H,23,25). The number of nitrogens with one attached hydrogen (secondary N) is 2. The van der Waals surface area contributed by atoms with Gasteiger partial charge in [0.2, 0.25) is 5.91 Å². The van der Waals surface area contributed by atoms with Crippen molar-refractivity contribution in [1.82, 2.24) is 10.2 Å². The van der Waals surface area contributed by atoms with Gasteiger partial charge >= 0.3 is 0 Å². The Balaban J connectivity index is 1.41. The number of ether oxygens (including phenoxy) is 1. The molecule has 0 bridgehead atoms. The number of anilines is 1. The Hall–Kier alpha value is -2.70. The summed E-state index contributed by atoms with van der Waals surface area (Å²) in [5.74, 6) is -0.103. The zero-order valence-corrected chi connectivity index (χ0v) is 15.3. The molecule has 142 valence electrons. The Labute approximate surface area is 159 Å². The average Bonchev–Trinajstić information content (AvgIpc) is 2.73. The van der Waals surface area contributed by atoms with Crippen molar-refractivity contribution >= 4 is 17.5 Å². The highest BCUT2D eigenvalue weighted by atomic mass is 16.5. The first-order valence-corrected chi connectivity index (χ1v) is 9.24. The minimum atomic E-state index is -0.102. The molecule has 6 nitrogen and oxygen atoms in total. The van der Waals surface area contributed by atoms with Gasteiger partial charge in [-0.05, 0) is 42.8 Å². The van der Waals surface area contributed by atoms with Gasteiger partial charge in [0.15, 0.2) is 0 Å². The molecule has 0 aliphatic carbocycles. The Kier molecular flexibility index (Phi) is 6.96. The largest absolute Gasteiger partial charge is 0.378 e. The number of hydrogen-bond acceptors (Lipinski definition) is 4. The molecule has 2 aromatic rings. The van der Waals surface area contributed by atoms with Gasteiger partial charge in [-0.2, -0.15) is 0 Å². The van der Waals surface area contributed by atoms with E-state index in [1.54, 1.807) is 29.2 Å². The summed E-state index contributed by atoms with van der Waals surface area (Å²) in [7, 11) is 0. The van der Waals surface area contributed by atoms with Crippen molar-refractivity contribution in [3.63, 3.8) is 0 Å². The minimum Gasteiger partial charge on any atom is -0.378 e. The second kappa shape index (κ2) is 9.85. The SMILES string of the molecule is O=C(CNCCc1ccccc1)Nc1ccc(C(=O)N2CCOCC2)cc1. The summed E-state index contributed by atoms with van der Waals surface area (Å²) in [6.45, 7) is 3.39. The Morgan fingerprint density at radius 2 is 1.67 bits per heavy atom. The van der Waals surface area contributed by atoms with Gasteiger partial charge < -0.3 is 20.3 Å². The first-order chi connectivity index (χ1) is 13.2. The highest BCUT2D eigenvalue weighted by Crippen LogP contribution is 2.12.